The summed E-state index contributed by atoms with van der Waals surface area (Å²) in [5.41, 5.74) is 2.56. The Kier molecular flexibility index (Phi) is 6.68. The van der Waals surface area contributed by atoms with Gasteiger partial charge in [0, 0.05) is 22.5 Å². The highest BCUT2D eigenvalue weighted by molar-refractivity contribution is 9.10. The van der Waals surface area contributed by atoms with Crippen LogP contribution < -0.4 is 5.32 Å². The van der Waals surface area contributed by atoms with Crippen molar-refractivity contribution in [3.63, 3.8) is 0 Å². The summed E-state index contributed by atoms with van der Waals surface area (Å²) in [5.74, 6) is -0.287. The topological polar surface area (TPSA) is 27.6 Å². The van der Waals surface area contributed by atoms with Crippen molar-refractivity contribution in [3.8, 4) is 0 Å². The normalized spacial score (nSPS) is 11.2. The van der Waals surface area contributed by atoms with Gasteiger partial charge in [-0.3, -0.25) is 0 Å². The van der Waals surface area contributed by atoms with Gasteiger partial charge in [-0.1, -0.05) is 44.0 Å². The number of nitrogens with zero attached hydrogens (tertiary/aromatic N) is 2. The molecule has 0 fully saturated rings. The van der Waals surface area contributed by atoms with E-state index in [-0.39, 0.29) is 5.82 Å². The fourth-order valence-electron chi connectivity index (χ4n) is 1.77. The Hall–Kier alpha value is -1.31. The summed E-state index contributed by atoms with van der Waals surface area (Å²) in [6, 6.07) is 13.9. The van der Waals surface area contributed by atoms with Crippen LogP contribution in [0.3, 0.4) is 0 Å². The molecule has 0 amide bonds. The van der Waals surface area contributed by atoms with E-state index >= 15 is 0 Å². The smallest absolute Gasteiger partial charge is 0.193 e. The first-order chi connectivity index (χ1) is 11.0. The Balaban J connectivity index is 2.10. The molecule has 0 atom stereocenters. The molecule has 0 bridgehead atoms. The molecule has 0 aromatic heterocycles. The molecule has 0 aliphatic heterocycles. The summed E-state index contributed by atoms with van der Waals surface area (Å²) in [4.78, 5) is 0. The molecule has 2 aromatic carbocycles. The van der Waals surface area contributed by atoms with Gasteiger partial charge in [0.1, 0.15) is 5.82 Å². The molecule has 0 aliphatic carbocycles. The molecule has 23 heavy (non-hydrogen) atoms. The maximum atomic E-state index is 12.9. The van der Waals surface area contributed by atoms with Crippen LogP contribution in [0.1, 0.15) is 5.56 Å². The van der Waals surface area contributed by atoms with E-state index in [2.05, 4.69) is 42.3 Å². The highest BCUT2D eigenvalue weighted by atomic mass is 79.9. The predicted octanol–water partition coefficient (Wildman–Crippen LogP) is 5.02. The van der Waals surface area contributed by atoms with Gasteiger partial charge in [0.05, 0.1) is 5.71 Å². The van der Waals surface area contributed by atoms with Crippen molar-refractivity contribution in [1.29, 1.82) is 0 Å². The quantitative estimate of drug-likeness (QED) is 0.302. The fourth-order valence-corrected chi connectivity index (χ4v) is 2.63. The zero-order chi connectivity index (χ0) is 16.8. The molecule has 120 valence electrons. The summed E-state index contributed by atoms with van der Waals surface area (Å²) < 4.78 is 13.9. The van der Waals surface area contributed by atoms with Crippen molar-refractivity contribution in [3.05, 3.63) is 64.4 Å². The molecule has 0 aliphatic rings. The molecule has 0 unspecified atom stereocenters. The minimum Gasteiger partial charge on any atom is -0.331 e. The van der Waals surface area contributed by atoms with Gasteiger partial charge in [0.15, 0.2) is 5.11 Å². The standard InChI is InChI=1S/C16H14Br2FN3S/c1-22(16(23)20-14-8-6-13(19)7-9-14)21-15(10-17)11-2-4-12(18)5-3-11/h2-9H,10H2,1H3,(H,20,23)/b21-15+. The molecule has 0 saturated carbocycles. The maximum Gasteiger partial charge on any atom is 0.193 e. The number of benzene rings is 2. The number of alkyl halides is 1. The molecule has 2 rings (SSSR count). The molecule has 0 radical (unpaired) electrons. The van der Waals surface area contributed by atoms with Gasteiger partial charge in [-0.2, -0.15) is 5.10 Å². The van der Waals surface area contributed by atoms with Gasteiger partial charge < -0.3 is 5.32 Å². The van der Waals surface area contributed by atoms with Crippen LogP contribution in [0, 0.1) is 5.82 Å². The van der Waals surface area contributed by atoms with Gasteiger partial charge in [-0.05, 0) is 54.2 Å². The van der Waals surface area contributed by atoms with E-state index in [4.69, 9.17) is 12.2 Å². The molecule has 0 spiro atoms. The second kappa shape index (κ2) is 8.52. The SMILES string of the molecule is CN(/N=C(\CBr)c1ccc(Br)cc1)C(=S)Nc1ccc(F)cc1. The van der Waals surface area contributed by atoms with E-state index in [1.165, 1.54) is 12.1 Å². The summed E-state index contributed by atoms with van der Waals surface area (Å²) in [7, 11) is 1.76. The molecule has 7 heteroatoms. The lowest BCUT2D eigenvalue weighted by atomic mass is 10.1. The van der Waals surface area contributed by atoms with Gasteiger partial charge in [-0.25, -0.2) is 9.40 Å². The van der Waals surface area contributed by atoms with Crippen LogP contribution in [-0.4, -0.2) is 28.2 Å². The lowest BCUT2D eigenvalue weighted by molar-refractivity contribution is 0.553. The van der Waals surface area contributed by atoms with Crippen molar-refractivity contribution in [2.24, 2.45) is 5.10 Å². The molecule has 0 saturated heterocycles. The molecule has 1 N–H and O–H groups in total. The lowest BCUT2D eigenvalue weighted by Crippen LogP contribution is -2.28. The van der Waals surface area contributed by atoms with E-state index in [1.807, 2.05) is 24.3 Å². The van der Waals surface area contributed by atoms with Crippen LogP contribution in [0.2, 0.25) is 0 Å². The highest BCUT2D eigenvalue weighted by Gasteiger charge is 2.08. The second-order valence-electron chi connectivity index (χ2n) is 4.65. The maximum absolute atomic E-state index is 12.9. The third kappa shape index (κ3) is 5.37. The first kappa shape index (κ1) is 18.0. The minimum absolute atomic E-state index is 0.287. The second-order valence-corrected chi connectivity index (χ2v) is 6.51. The van der Waals surface area contributed by atoms with Crippen LogP contribution in [0.5, 0.6) is 0 Å². The summed E-state index contributed by atoms with van der Waals surface area (Å²) in [6.07, 6.45) is 0. The summed E-state index contributed by atoms with van der Waals surface area (Å²) in [5, 5.41) is 10.1. The third-order valence-electron chi connectivity index (χ3n) is 2.96. The number of hydrazone groups is 1. The number of halogens is 3. The number of nitrogens with one attached hydrogen (secondary N) is 1. The summed E-state index contributed by atoms with van der Waals surface area (Å²) >= 11 is 12.2. The van der Waals surface area contributed by atoms with Crippen LogP contribution in [0.15, 0.2) is 58.1 Å². The Labute approximate surface area is 156 Å². The van der Waals surface area contributed by atoms with E-state index in [0.717, 1.165) is 15.7 Å². The average molecular weight is 459 g/mol. The first-order valence-electron chi connectivity index (χ1n) is 6.69. The van der Waals surface area contributed by atoms with E-state index in [9.17, 15) is 4.39 Å². The van der Waals surface area contributed by atoms with E-state index < -0.39 is 0 Å². The van der Waals surface area contributed by atoms with Crippen LogP contribution in [0.4, 0.5) is 10.1 Å². The van der Waals surface area contributed by atoms with E-state index in [0.29, 0.717) is 16.1 Å². The molecular formula is C16H14Br2FN3S. The minimum atomic E-state index is -0.287. The van der Waals surface area contributed by atoms with Gasteiger partial charge >= 0.3 is 0 Å². The van der Waals surface area contributed by atoms with Crippen molar-refractivity contribution in [2.45, 2.75) is 0 Å². The van der Waals surface area contributed by atoms with Crippen LogP contribution in [-0.2, 0) is 0 Å². The van der Waals surface area contributed by atoms with Gasteiger partial charge in [0.2, 0.25) is 0 Å². The van der Waals surface area contributed by atoms with Crippen molar-refractivity contribution in [2.75, 3.05) is 17.7 Å². The lowest BCUT2D eigenvalue weighted by Gasteiger charge is -2.17. The van der Waals surface area contributed by atoms with Crippen LogP contribution >= 0.6 is 44.1 Å². The molecule has 3 nitrogen and oxygen atoms in total. The molecule has 2 aromatic rings. The number of thiocarbonyl (C=S) groups is 1. The number of anilines is 1. The number of hydrogen-bond donors (Lipinski definition) is 1. The zero-order valence-electron chi connectivity index (χ0n) is 12.3. The Morgan fingerprint density at radius 3 is 2.35 bits per heavy atom. The highest BCUT2D eigenvalue weighted by Crippen LogP contribution is 2.13. The Morgan fingerprint density at radius 1 is 1.17 bits per heavy atom. The monoisotopic (exact) mass is 457 g/mol. The largest absolute Gasteiger partial charge is 0.331 e. The van der Waals surface area contributed by atoms with Crippen molar-refractivity contribution < 1.29 is 4.39 Å². The number of rotatable bonds is 4. The zero-order valence-corrected chi connectivity index (χ0v) is 16.3. The van der Waals surface area contributed by atoms with Crippen molar-refractivity contribution in [1.82, 2.24) is 5.01 Å². The van der Waals surface area contributed by atoms with Gasteiger partial charge in [-0.15, -0.1) is 0 Å². The fraction of sp³-hybridized carbons (Fsp3) is 0.125. The van der Waals surface area contributed by atoms with Gasteiger partial charge in [0.25, 0.3) is 0 Å². The molecular weight excluding hydrogens is 445 g/mol. The average Bonchev–Trinajstić information content (AvgIpc) is 2.55. The number of hydrogen-bond acceptors (Lipinski definition) is 2. The predicted molar refractivity (Wildman–Crippen MR) is 105 cm³/mol. The Bertz CT molecular complexity index is 702. The third-order valence-corrected chi connectivity index (χ3v) is 4.39. The van der Waals surface area contributed by atoms with Crippen molar-refractivity contribution >= 4 is 60.6 Å². The van der Waals surface area contributed by atoms with E-state index in [1.54, 1.807) is 24.2 Å². The molecule has 0 heterocycles. The van der Waals surface area contributed by atoms with Crippen LogP contribution in [0.25, 0.3) is 0 Å². The Morgan fingerprint density at radius 2 is 1.78 bits per heavy atom. The summed E-state index contributed by atoms with van der Waals surface area (Å²) in [6.45, 7) is 0. The first-order valence-corrected chi connectivity index (χ1v) is 9.01.